The number of imide groups is 1. The molecular formula is C13H15BrN2O3S. The lowest BCUT2D eigenvalue weighted by Gasteiger charge is -2.13. The van der Waals surface area contributed by atoms with E-state index in [1.165, 1.54) is 9.78 Å². The molecule has 108 valence electrons. The summed E-state index contributed by atoms with van der Waals surface area (Å²) in [6, 6.07) is 3.99. The maximum atomic E-state index is 11.6. The van der Waals surface area contributed by atoms with Crippen molar-refractivity contribution in [1.82, 2.24) is 10.2 Å². The molecule has 1 N–H and O–H groups in total. The molecule has 0 radical (unpaired) electrons. The van der Waals surface area contributed by atoms with Gasteiger partial charge in [0.25, 0.3) is 0 Å². The number of carbonyl (C=O) groups excluding carboxylic acids is 3. The Hall–Kier alpha value is -1.21. The second-order valence-electron chi connectivity index (χ2n) is 4.49. The molecule has 1 aliphatic heterocycles. The predicted molar refractivity (Wildman–Crippen MR) is 79.3 cm³/mol. The van der Waals surface area contributed by atoms with Crippen molar-refractivity contribution in [1.29, 1.82) is 0 Å². The van der Waals surface area contributed by atoms with Gasteiger partial charge in [-0.15, -0.1) is 11.3 Å². The van der Waals surface area contributed by atoms with Crippen molar-refractivity contribution in [2.75, 3.05) is 13.1 Å². The third kappa shape index (κ3) is 4.14. The van der Waals surface area contributed by atoms with Crippen molar-refractivity contribution in [3.05, 3.63) is 20.8 Å². The van der Waals surface area contributed by atoms with E-state index >= 15 is 0 Å². The summed E-state index contributed by atoms with van der Waals surface area (Å²) >= 11 is 5.03. The second-order valence-corrected chi connectivity index (χ2v) is 7.04. The molecule has 0 unspecified atom stereocenters. The monoisotopic (exact) mass is 358 g/mol. The van der Waals surface area contributed by atoms with E-state index in [0.29, 0.717) is 6.54 Å². The van der Waals surface area contributed by atoms with Gasteiger partial charge in [-0.2, -0.15) is 0 Å². The first-order valence-corrected chi connectivity index (χ1v) is 8.01. The van der Waals surface area contributed by atoms with Crippen molar-refractivity contribution >= 4 is 45.0 Å². The van der Waals surface area contributed by atoms with Crippen molar-refractivity contribution in [3.63, 3.8) is 0 Å². The minimum absolute atomic E-state index is 0.131. The Morgan fingerprint density at radius 2 is 2.00 bits per heavy atom. The van der Waals surface area contributed by atoms with Gasteiger partial charge in [0.2, 0.25) is 17.7 Å². The first-order chi connectivity index (χ1) is 9.56. The van der Waals surface area contributed by atoms with Crippen molar-refractivity contribution in [2.24, 2.45) is 0 Å². The molecule has 1 saturated heterocycles. The Morgan fingerprint density at radius 3 is 2.60 bits per heavy atom. The molecule has 2 rings (SSSR count). The van der Waals surface area contributed by atoms with Gasteiger partial charge in [0.1, 0.15) is 0 Å². The summed E-state index contributed by atoms with van der Waals surface area (Å²) < 4.78 is 1.07. The number of carbonyl (C=O) groups is 3. The zero-order chi connectivity index (χ0) is 14.5. The van der Waals surface area contributed by atoms with Gasteiger partial charge in [0.05, 0.1) is 3.79 Å². The maximum Gasteiger partial charge on any atom is 0.229 e. The Balaban J connectivity index is 1.65. The van der Waals surface area contributed by atoms with E-state index in [2.05, 4.69) is 21.2 Å². The quantitative estimate of drug-likeness (QED) is 0.787. The van der Waals surface area contributed by atoms with Gasteiger partial charge in [-0.1, -0.05) is 0 Å². The van der Waals surface area contributed by atoms with Crippen molar-refractivity contribution < 1.29 is 14.4 Å². The standard InChI is InChI=1S/C13H15BrN2O3S/c14-10-2-1-9(20-10)5-7-15-11(17)6-8-16-12(18)3-4-13(16)19/h1-2H,3-8H2,(H,15,17). The van der Waals surface area contributed by atoms with Crippen LogP contribution in [0.1, 0.15) is 24.1 Å². The molecule has 1 aromatic rings. The van der Waals surface area contributed by atoms with E-state index < -0.39 is 0 Å². The SMILES string of the molecule is O=C(CCN1C(=O)CCC1=O)NCCc1ccc(Br)s1. The second kappa shape index (κ2) is 6.99. The molecule has 0 saturated carbocycles. The topological polar surface area (TPSA) is 66.5 Å². The number of rotatable bonds is 6. The Labute approximate surface area is 129 Å². The molecule has 5 nitrogen and oxygen atoms in total. The Bertz CT molecular complexity index is 513. The third-order valence-electron chi connectivity index (χ3n) is 3.04. The van der Waals surface area contributed by atoms with Crippen LogP contribution in [-0.4, -0.2) is 35.7 Å². The number of nitrogens with one attached hydrogen (secondary N) is 1. The smallest absolute Gasteiger partial charge is 0.229 e. The van der Waals surface area contributed by atoms with Gasteiger partial charge in [-0.05, 0) is 34.5 Å². The number of halogens is 1. The van der Waals surface area contributed by atoms with Crippen LogP contribution in [0.4, 0.5) is 0 Å². The molecule has 0 atom stereocenters. The normalized spacial score (nSPS) is 14.9. The molecule has 1 aromatic heterocycles. The number of nitrogens with zero attached hydrogens (tertiary/aromatic N) is 1. The molecule has 0 spiro atoms. The number of thiophene rings is 1. The van der Waals surface area contributed by atoms with Gasteiger partial charge < -0.3 is 5.32 Å². The summed E-state index contributed by atoms with van der Waals surface area (Å²) in [5, 5.41) is 2.80. The van der Waals surface area contributed by atoms with Crippen LogP contribution in [-0.2, 0) is 20.8 Å². The van der Waals surface area contributed by atoms with E-state index in [4.69, 9.17) is 0 Å². The lowest BCUT2D eigenvalue weighted by atomic mass is 10.3. The molecule has 20 heavy (non-hydrogen) atoms. The lowest BCUT2D eigenvalue weighted by Crippen LogP contribution is -2.34. The van der Waals surface area contributed by atoms with E-state index in [1.54, 1.807) is 11.3 Å². The summed E-state index contributed by atoms with van der Waals surface area (Å²) in [7, 11) is 0. The highest BCUT2D eigenvalue weighted by atomic mass is 79.9. The fraction of sp³-hybridized carbons (Fsp3) is 0.462. The first-order valence-electron chi connectivity index (χ1n) is 6.40. The number of amides is 3. The zero-order valence-electron chi connectivity index (χ0n) is 10.9. The van der Waals surface area contributed by atoms with Crippen LogP contribution >= 0.6 is 27.3 Å². The first kappa shape index (κ1) is 15.2. The van der Waals surface area contributed by atoms with Gasteiger partial charge in [0.15, 0.2) is 0 Å². The van der Waals surface area contributed by atoms with E-state index in [1.807, 2.05) is 12.1 Å². The van der Waals surface area contributed by atoms with Crippen LogP contribution in [0.2, 0.25) is 0 Å². The van der Waals surface area contributed by atoms with Gasteiger partial charge >= 0.3 is 0 Å². The fourth-order valence-electron chi connectivity index (χ4n) is 1.99. The summed E-state index contributed by atoms with van der Waals surface area (Å²) in [4.78, 5) is 36.8. The Kier molecular flexibility index (Phi) is 5.31. The molecule has 0 aliphatic carbocycles. The summed E-state index contributed by atoms with van der Waals surface area (Å²) in [6.45, 7) is 0.752. The molecule has 2 heterocycles. The third-order valence-corrected chi connectivity index (χ3v) is 4.72. The summed E-state index contributed by atoms with van der Waals surface area (Å²) in [6.07, 6.45) is 1.50. The lowest BCUT2D eigenvalue weighted by molar-refractivity contribution is -0.138. The van der Waals surface area contributed by atoms with Gasteiger partial charge in [-0.3, -0.25) is 19.3 Å². The van der Waals surface area contributed by atoms with Crippen LogP contribution in [0, 0.1) is 0 Å². The minimum Gasteiger partial charge on any atom is -0.356 e. The molecule has 0 bridgehead atoms. The average Bonchev–Trinajstić information content (AvgIpc) is 2.95. The van der Waals surface area contributed by atoms with Crippen LogP contribution < -0.4 is 5.32 Å². The molecule has 1 fully saturated rings. The predicted octanol–water partition coefficient (Wildman–Crippen LogP) is 1.71. The average molecular weight is 359 g/mol. The molecule has 0 aromatic carbocycles. The number of hydrogen-bond acceptors (Lipinski definition) is 4. The largest absolute Gasteiger partial charge is 0.356 e. The van der Waals surface area contributed by atoms with Crippen molar-refractivity contribution in [2.45, 2.75) is 25.7 Å². The highest BCUT2D eigenvalue weighted by molar-refractivity contribution is 9.11. The molecule has 1 aliphatic rings. The van der Waals surface area contributed by atoms with E-state index in [-0.39, 0.29) is 43.5 Å². The van der Waals surface area contributed by atoms with Gasteiger partial charge in [0, 0.05) is 37.2 Å². The summed E-state index contributed by atoms with van der Waals surface area (Å²) in [5.74, 6) is -0.481. The van der Waals surface area contributed by atoms with E-state index in [0.717, 1.165) is 10.2 Å². The molecular weight excluding hydrogens is 344 g/mol. The zero-order valence-corrected chi connectivity index (χ0v) is 13.3. The van der Waals surface area contributed by atoms with Crippen LogP contribution in [0.5, 0.6) is 0 Å². The molecule has 3 amide bonds. The Morgan fingerprint density at radius 1 is 1.30 bits per heavy atom. The fourth-order valence-corrected chi connectivity index (χ4v) is 3.47. The van der Waals surface area contributed by atoms with Crippen LogP contribution in [0.25, 0.3) is 0 Å². The van der Waals surface area contributed by atoms with Crippen molar-refractivity contribution in [3.8, 4) is 0 Å². The highest BCUT2D eigenvalue weighted by Crippen LogP contribution is 2.22. The number of hydrogen-bond donors (Lipinski definition) is 1. The maximum absolute atomic E-state index is 11.6. The van der Waals surface area contributed by atoms with Crippen LogP contribution in [0.3, 0.4) is 0 Å². The molecule has 7 heteroatoms. The van der Waals surface area contributed by atoms with Gasteiger partial charge in [-0.25, -0.2) is 0 Å². The summed E-state index contributed by atoms with van der Waals surface area (Å²) in [5.41, 5.74) is 0. The minimum atomic E-state index is -0.175. The number of likely N-dealkylation sites (tertiary alicyclic amines) is 1. The highest BCUT2D eigenvalue weighted by Gasteiger charge is 2.28. The van der Waals surface area contributed by atoms with Crippen LogP contribution in [0.15, 0.2) is 15.9 Å². The van der Waals surface area contributed by atoms with E-state index in [9.17, 15) is 14.4 Å².